The SMILES string of the molecule is COc1ccccc1CN1C(=O)C(=O)/C(=C(/O)c2cc(C)ccc2C)C1c1ccccc1. The Hall–Kier alpha value is -3.86. The average molecular weight is 428 g/mol. The molecule has 1 heterocycles. The van der Waals surface area contributed by atoms with Crippen molar-refractivity contribution >= 4 is 17.4 Å². The molecule has 0 aliphatic carbocycles. The van der Waals surface area contributed by atoms with Gasteiger partial charge in [-0.15, -0.1) is 0 Å². The lowest BCUT2D eigenvalue weighted by molar-refractivity contribution is -0.140. The van der Waals surface area contributed by atoms with Crippen molar-refractivity contribution < 1.29 is 19.4 Å². The van der Waals surface area contributed by atoms with Gasteiger partial charge in [0.15, 0.2) is 0 Å². The molecular weight excluding hydrogens is 402 g/mol. The Morgan fingerprint density at radius 3 is 2.38 bits per heavy atom. The number of aliphatic hydroxyl groups is 1. The molecule has 5 heteroatoms. The summed E-state index contributed by atoms with van der Waals surface area (Å²) in [5.74, 6) is -0.847. The summed E-state index contributed by atoms with van der Waals surface area (Å²) in [6.45, 7) is 3.97. The second-order valence-electron chi connectivity index (χ2n) is 7.97. The van der Waals surface area contributed by atoms with E-state index in [0.29, 0.717) is 11.3 Å². The zero-order valence-electron chi connectivity index (χ0n) is 18.3. The van der Waals surface area contributed by atoms with E-state index in [2.05, 4.69) is 0 Å². The van der Waals surface area contributed by atoms with E-state index in [1.54, 1.807) is 7.11 Å². The molecule has 0 bridgehead atoms. The predicted octanol–water partition coefficient (Wildman–Crippen LogP) is 4.93. The summed E-state index contributed by atoms with van der Waals surface area (Å²) in [7, 11) is 1.57. The van der Waals surface area contributed by atoms with E-state index < -0.39 is 17.7 Å². The Bertz CT molecular complexity index is 1210. The number of rotatable bonds is 5. The molecule has 0 radical (unpaired) electrons. The summed E-state index contributed by atoms with van der Waals surface area (Å²) in [5, 5.41) is 11.3. The third kappa shape index (κ3) is 3.78. The van der Waals surface area contributed by atoms with Crippen molar-refractivity contribution in [3.63, 3.8) is 0 Å². The number of para-hydroxylation sites is 1. The molecule has 4 rings (SSSR count). The maximum atomic E-state index is 13.2. The van der Waals surface area contributed by atoms with Gasteiger partial charge in [-0.25, -0.2) is 0 Å². The van der Waals surface area contributed by atoms with Gasteiger partial charge in [0, 0.05) is 11.1 Å². The molecule has 162 valence electrons. The number of methoxy groups -OCH3 is 1. The van der Waals surface area contributed by atoms with Crippen LogP contribution in [0.5, 0.6) is 5.75 Å². The third-order valence-electron chi connectivity index (χ3n) is 5.84. The molecule has 1 N–H and O–H groups in total. The number of nitrogens with zero attached hydrogens (tertiary/aromatic N) is 1. The van der Waals surface area contributed by atoms with Crippen LogP contribution in [0.25, 0.3) is 5.76 Å². The molecule has 3 aromatic rings. The molecule has 1 saturated heterocycles. The molecular formula is C27H25NO4. The molecule has 0 spiro atoms. The molecule has 0 aromatic heterocycles. The Morgan fingerprint density at radius 1 is 0.969 bits per heavy atom. The summed E-state index contributed by atoms with van der Waals surface area (Å²) in [4.78, 5) is 27.9. The predicted molar refractivity (Wildman–Crippen MR) is 123 cm³/mol. The zero-order chi connectivity index (χ0) is 22.8. The average Bonchev–Trinajstić information content (AvgIpc) is 3.06. The van der Waals surface area contributed by atoms with Gasteiger partial charge in [0.2, 0.25) is 0 Å². The van der Waals surface area contributed by atoms with Gasteiger partial charge in [0.1, 0.15) is 11.5 Å². The molecule has 1 aliphatic heterocycles. The molecule has 3 aromatic carbocycles. The van der Waals surface area contributed by atoms with E-state index in [-0.39, 0.29) is 17.9 Å². The molecule has 1 amide bonds. The maximum Gasteiger partial charge on any atom is 0.295 e. The number of ether oxygens (including phenoxy) is 1. The topological polar surface area (TPSA) is 66.8 Å². The smallest absolute Gasteiger partial charge is 0.295 e. The highest BCUT2D eigenvalue weighted by Gasteiger charge is 2.46. The van der Waals surface area contributed by atoms with Crippen LogP contribution < -0.4 is 4.74 Å². The van der Waals surface area contributed by atoms with E-state index in [0.717, 1.165) is 22.3 Å². The monoisotopic (exact) mass is 427 g/mol. The summed E-state index contributed by atoms with van der Waals surface area (Å²) >= 11 is 0. The standard InChI is InChI=1S/C27H25NO4/c1-17-13-14-18(2)21(15-17)25(29)23-24(19-9-5-4-6-10-19)28(27(31)26(23)30)16-20-11-7-8-12-22(20)32-3/h4-15,24,29H,16H2,1-3H3/b25-23+. The normalized spacial score (nSPS) is 17.6. The minimum Gasteiger partial charge on any atom is -0.507 e. The van der Waals surface area contributed by atoms with Crippen molar-refractivity contribution in [1.82, 2.24) is 4.90 Å². The Morgan fingerprint density at radius 2 is 1.66 bits per heavy atom. The first kappa shape index (κ1) is 21.4. The number of amides is 1. The van der Waals surface area contributed by atoms with Crippen molar-refractivity contribution in [3.8, 4) is 5.75 Å². The number of carbonyl (C=O) groups is 2. The Labute approximate surface area is 187 Å². The van der Waals surface area contributed by atoms with Crippen LogP contribution in [-0.2, 0) is 16.1 Å². The number of hydrogen-bond acceptors (Lipinski definition) is 4. The van der Waals surface area contributed by atoms with E-state index in [1.165, 1.54) is 4.90 Å². The van der Waals surface area contributed by atoms with Crippen LogP contribution in [0.1, 0.15) is 33.9 Å². The van der Waals surface area contributed by atoms with Gasteiger partial charge in [-0.3, -0.25) is 9.59 Å². The number of likely N-dealkylation sites (tertiary alicyclic amines) is 1. The first-order chi connectivity index (χ1) is 15.4. The van der Waals surface area contributed by atoms with Crippen LogP contribution in [-0.4, -0.2) is 28.8 Å². The fourth-order valence-corrected chi connectivity index (χ4v) is 4.18. The van der Waals surface area contributed by atoms with Crippen LogP contribution in [0.15, 0.2) is 78.4 Å². The molecule has 32 heavy (non-hydrogen) atoms. The lowest BCUT2D eigenvalue weighted by atomic mass is 9.93. The fourth-order valence-electron chi connectivity index (χ4n) is 4.18. The Balaban J connectivity index is 1.89. The van der Waals surface area contributed by atoms with Crippen molar-refractivity contribution in [2.75, 3.05) is 7.11 Å². The second-order valence-corrected chi connectivity index (χ2v) is 7.97. The fraction of sp³-hybridized carbons (Fsp3) is 0.185. The molecule has 1 aliphatic rings. The summed E-state index contributed by atoms with van der Waals surface area (Å²) in [5.41, 5.74) is 3.98. The van der Waals surface area contributed by atoms with Gasteiger partial charge in [0.25, 0.3) is 11.7 Å². The molecule has 1 unspecified atom stereocenters. The highest BCUT2D eigenvalue weighted by atomic mass is 16.5. The van der Waals surface area contributed by atoms with Gasteiger partial charge in [-0.2, -0.15) is 0 Å². The number of aliphatic hydroxyl groups excluding tert-OH is 1. The summed E-state index contributed by atoms with van der Waals surface area (Å²) < 4.78 is 5.45. The van der Waals surface area contributed by atoms with Gasteiger partial charge in [0.05, 0.1) is 25.3 Å². The largest absolute Gasteiger partial charge is 0.507 e. The van der Waals surface area contributed by atoms with Gasteiger partial charge in [-0.05, 0) is 37.1 Å². The number of aryl methyl sites for hydroxylation is 2. The highest BCUT2D eigenvalue weighted by Crippen LogP contribution is 2.41. The second kappa shape index (κ2) is 8.71. The quantitative estimate of drug-likeness (QED) is 0.356. The lowest BCUT2D eigenvalue weighted by Gasteiger charge is -2.26. The molecule has 1 atom stereocenters. The van der Waals surface area contributed by atoms with Crippen molar-refractivity contribution in [2.45, 2.75) is 26.4 Å². The number of ketones is 1. The first-order valence-electron chi connectivity index (χ1n) is 10.4. The van der Waals surface area contributed by atoms with Gasteiger partial charge in [-0.1, -0.05) is 66.2 Å². The Kier molecular flexibility index (Phi) is 5.82. The van der Waals surface area contributed by atoms with E-state index >= 15 is 0 Å². The van der Waals surface area contributed by atoms with Crippen LogP contribution in [0.2, 0.25) is 0 Å². The first-order valence-corrected chi connectivity index (χ1v) is 10.4. The highest BCUT2D eigenvalue weighted by molar-refractivity contribution is 6.46. The summed E-state index contributed by atoms with van der Waals surface area (Å²) in [6, 6.07) is 21.7. The van der Waals surface area contributed by atoms with Crippen LogP contribution in [0.4, 0.5) is 0 Å². The maximum absolute atomic E-state index is 13.2. The number of benzene rings is 3. The number of Topliss-reactive ketones (excluding diaryl/α,β-unsaturated/α-hetero) is 1. The van der Waals surface area contributed by atoms with Crippen LogP contribution >= 0.6 is 0 Å². The summed E-state index contributed by atoms with van der Waals surface area (Å²) in [6.07, 6.45) is 0. The van der Waals surface area contributed by atoms with E-state index in [1.807, 2.05) is 86.6 Å². The minimum atomic E-state index is -0.707. The molecule has 0 saturated carbocycles. The van der Waals surface area contributed by atoms with Crippen molar-refractivity contribution in [1.29, 1.82) is 0 Å². The van der Waals surface area contributed by atoms with Crippen molar-refractivity contribution in [2.24, 2.45) is 0 Å². The van der Waals surface area contributed by atoms with Gasteiger partial charge < -0.3 is 14.7 Å². The number of hydrogen-bond donors (Lipinski definition) is 1. The van der Waals surface area contributed by atoms with Crippen molar-refractivity contribution in [3.05, 3.63) is 106 Å². The zero-order valence-corrected chi connectivity index (χ0v) is 18.3. The van der Waals surface area contributed by atoms with Crippen LogP contribution in [0.3, 0.4) is 0 Å². The van der Waals surface area contributed by atoms with Gasteiger partial charge >= 0.3 is 0 Å². The van der Waals surface area contributed by atoms with Crippen LogP contribution in [0, 0.1) is 13.8 Å². The lowest BCUT2D eigenvalue weighted by Crippen LogP contribution is -2.29. The van der Waals surface area contributed by atoms with E-state index in [4.69, 9.17) is 4.74 Å². The number of carbonyl (C=O) groups excluding carboxylic acids is 2. The molecule has 1 fully saturated rings. The third-order valence-corrected chi connectivity index (χ3v) is 5.84. The molecule has 5 nitrogen and oxygen atoms in total. The minimum absolute atomic E-state index is 0.102. The van der Waals surface area contributed by atoms with E-state index in [9.17, 15) is 14.7 Å².